The van der Waals surface area contributed by atoms with Crippen molar-refractivity contribution >= 4 is 39.7 Å². The highest BCUT2D eigenvalue weighted by Gasteiger charge is 2.13. The summed E-state index contributed by atoms with van der Waals surface area (Å²) in [6.07, 6.45) is 7.89. The van der Waals surface area contributed by atoms with E-state index in [1.54, 1.807) is 0 Å². The minimum atomic E-state index is 0.0947. The normalized spacial score (nSPS) is 11.4. The van der Waals surface area contributed by atoms with Crippen LogP contribution in [0.1, 0.15) is 36.9 Å². The van der Waals surface area contributed by atoms with Crippen LogP contribution in [0.25, 0.3) is 33.8 Å². The lowest BCUT2D eigenvalue weighted by Gasteiger charge is -2.06. The second-order valence-corrected chi connectivity index (χ2v) is 8.36. The first kappa shape index (κ1) is 22.7. The lowest BCUT2D eigenvalue weighted by atomic mass is 10.1. The first-order chi connectivity index (χ1) is 16.2. The van der Waals surface area contributed by atoms with Crippen LogP contribution >= 0.6 is 0 Å². The molecule has 0 fully saturated rings. The van der Waals surface area contributed by atoms with Crippen LogP contribution in [-0.4, -0.2) is 19.0 Å². The van der Waals surface area contributed by atoms with Gasteiger partial charge in [-0.15, -0.1) is 0 Å². The molecule has 4 nitrogen and oxygen atoms in total. The van der Waals surface area contributed by atoms with Crippen LogP contribution < -0.4 is 15.6 Å². The SMILES string of the molecule is NCCNC(=O)CCCCC[n+]1c(/C=C/c2ccc3ccccc3c2)ccc2ccccc21. The van der Waals surface area contributed by atoms with Gasteiger partial charge in [-0.2, -0.15) is 4.57 Å². The molecule has 3 N–H and O–H groups in total. The Labute approximate surface area is 195 Å². The van der Waals surface area contributed by atoms with Gasteiger partial charge in [-0.1, -0.05) is 48.5 Å². The molecular formula is C29H32N3O+. The van der Waals surface area contributed by atoms with E-state index in [0.29, 0.717) is 19.5 Å². The van der Waals surface area contributed by atoms with Crippen LogP contribution in [-0.2, 0) is 11.3 Å². The Morgan fingerprint density at radius 1 is 0.818 bits per heavy atom. The molecule has 0 spiro atoms. The largest absolute Gasteiger partial charge is 0.355 e. The fourth-order valence-electron chi connectivity index (χ4n) is 4.20. The molecule has 0 aliphatic carbocycles. The zero-order valence-corrected chi connectivity index (χ0v) is 19.0. The number of nitrogens with one attached hydrogen (secondary N) is 1. The molecule has 168 valence electrons. The van der Waals surface area contributed by atoms with Crippen molar-refractivity contribution in [1.29, 1.82) is 0 Å². The Hall–Kier alpha value is -3.50. The van der Waals surface area contributed by atoms with Gasteiger partial charge in [-0.05, 0) is 53.5 Å². The van der Waals surface area contributed by atoms with Crippen molar-refractivity contribution in [2.75, 3.05) is 13.1 Å². The Morgan fingerprint density at radius 3 is 2.42 bits per heavy atom. The molecule has 4 rings (SSSR count). The number of nitrogens with two attached hydrogens (primary N) is 1. The van der Waals surface area contributed by atoms with Gasteiger partial charge in [0, 0.05) is 49.5 Å². The van der Waals surface area contributed by atoms with Gasteiger partial charge in [0.15, 0.2) is 0 Å². The van der Waals surface area contributed by atoms with Crippen molar-refractivity contribution in [3.05, 3.63) is 90.1 Å². The molecule has 1 amide bonds. The number of pyridine rings is 1. The summed E-state index contributed by atoms with van der Waals surface area (Å²) in [5.74, 6) is 0.0947. The Bertz CT molecular complexity index is 1260. The highest BCUT2D eigenvalue weighted by molar-refractivity contribution is 5.86. The van der Waals surface area contributed by atoms with Gasteiger partial charge in [0.2, 0.25) is 17.1 Å². The average Bonchev–Trinajstić information content (AvgIpc) is 2.86. The highest BCUT2D eigenvalue weighted by atomic mass is 16.1. The van der Waals surface area contributed by atoms with Crippen LogP contribution in [0.3, 0.4) is 0 Å². The molecular weight excluding hydrogens is 406 g/mol. The summed E-state index contributed by atoms with van der Waals surface area (Å²) in [5.41, 5.74) is 9.05. The summed E-state index contributed by atoms with van der Waals surface area (Å²) in [7, 11) is 0. The molecule has 0 bridgehead atoms. The number of amides is 1. The van der Waals surface area contributed by atoms with Crippen LogP contribution in [0.5, 0.6) is 0 Å². The van der Waals surface area contributed by atoms with E-state index in [-0.39, 0.29) is 5.91 Å². The fraction of sp³-hybridized carbons (Fsp3) is 0.241. The number of para-hydroxylation sites is 1. The first-order valence-electron chi connectivity index (χ1n) is 11.8. The van der Waals surface area contributed by atoms with Crippen molar-refractivity contribution in [3.8, 4) is 0 Å². The number of rotatable bonds is 10. The van der Waals surface area contributed by atoms with Gasteiger partial charge in [-0.3, -0.25) is 4.79 Å². The summed E-state index contributed by atoms with van der Waals surface area (Å²) >= 11 is 0. The number of hydrogen-bond acceptors (Lipinski definition) is 2. The molecule has 0 saturated carbocycles. The quantitative estimate of drug-likeness (QED) is 0.268. The lowest BCUT2D eigenvalue weighted by molar-refractivity contribution is -0.673. The summed E-state index contributed by atoms with van der Waals surface area (Å²) in [5, 5.41) is 6.58. The molecule has 0 aliphatic rings. The number of unbranched alkanes of at least 4 members (excludes halogenated alkanes) is 2. The third-order valence-corrected chi connectivity index (χ3v) is 5.95. The number of benzene rings is 3. The number of aryl methyl sites for hydroxylation is 1. The molecule has 0 saturated heterocycles. The second kappa shape index (κ2) is 11.4. The minimum Gasteiger partial charge on any atom is -0.355 e. The molecule has 33 heavy (non-hydrogen) atoms. The van der Waals surface area contributed by atoms with Gasteiger partial charge < -0.3 is 11.1 Å². The molecule has 4 aromatic rings. The topological polar surface area (TPSA) is 59.0 Å². The molecule has 0 aliphatic heterocycles. The Balaban J connectivity index is 1.48. The Morgan fingerprint density at radius 2 is 1.58 bits per heavy atom. The van der Waals surface area contributed by atoms with E-state index in [4.69, 9.17) is 5.73 Å². The highest BCUT2D eigenvalue weighted by Crippen LogP contribution is 2.18. The number of aromatic nitrogens is 1. The van der Waals surface area contributed by atoms with Crippen LogP contribution in [0.2, 0.25) is 0 Å². The van der Waals surface area contributed by atoms with Crippen molar-refractivity contribution in [3.63, 3.8) is 0 Å². The van der Waals surface area contributed by atoms with Gasteiger partial charge in [-0.25, -0.2) is 0 Å². The number of carbonyl (C=O) groups excluding carboxylic acids is 1. The van der Waals surface area contributed by atoms with Crippen LogP contribution in [0, 0.1) is 0 Å². The maximum Gasteiger partial charge on any atom is 0.220 e. The average molecular weight is 439 g/mol. The molecule has 1 heterocycles. The molecule has 0 atom stereocenters. The first-order valence-corrected chi connectivity index (χ1v) is 11.8. The lowest BCUT2D eigenvalue weighted by Crippen LogP contribution is -2.38. The number of fused-ring (bicyclic) bond motifs is 2. The van der Waals surface area contributed by atoms with Gasteiger partial charge >= 0.3 is 0 Å². The standard InChI is InChI=1S/C29H31N3O/c30-19-20-31-29(33)12-2-1-7-21-32-27(18-16-25-9-5-6-11-28(25)32)17-14-23-13-15-24-8-3-4-10-26(24)22-23/h3-6,8-11,13-18,22H,1-2,7,12,19-21,30H2/p+1/b17-14+. The number of nitrogens with zero attached hydrogens (tertiary/aromatic N) is 1. The van der Waals surface area contributed by atoms with Crippen LogP contribution in [0.15, 0.2) is 78.9 Å². The molecule has 0 unspecified atom stereocenters. The van der Waals surface area contributed by atoms with E-state index in [9.17, 15) is 4.79 Å². The van der Waals surface area contributed by atoms with E-state index in [1.807, 2.05) is 0 Å². The maximum atomic E-state index is 11.8. The van der Waals surface area contributed by atoms with Gasteiger partial charge in [0.05, 0.1) is 0 Å². The van der Waals surface area contributed by atoms with E-state index >= 15 is 0 Å². The summed E-state index contributed by atoms with van der Waals surface area (Å²) in [6, 6.07) is 27.9. The molecule has 3 aromatic carbocycles. The van der Waals surface area contributed by atoms with Crippen molar-refractivity contribution < 1.29 is 9.36 Å². The predicted octanol–water partition coefficient (Wildman–Crippen LogP) is 5.09. The van der Waals surface area contributed by atoms with Crippen molar-refractivity contribution in [2.24, 2.45) is 5.73 Å². The van der Waals surface area contributed by atoms with Gasteiger partial charge in [0.25, 0.3) is 0 Å². The van der Waals surface area contributed by atoms with Crippen molar-refractivity contribution in [1.82, 2.24) is 5.32 Å². The number of carbonyl (C=O) groups is 1. The number of hydrogen-bond donors (Lipinski definition) is 2. The molecule has 1 aromatic heterocycles. The van der Waals surface area contributed by atoms with E-state index in [0.717, 1.165) is 25.8 Å². The Kier molecular flexibility index (Phi) is 7.83. The molecule has 4 heteroatoms. The maximum absolute atomic E-state index is 11.8. The summed E-state index contributed by atoms with van der Waals surface area (Å²) < 4.78 is 2.39. The molecule has 0 radical (unpaired) electrons. The van der Waals surface area contributed by atoms with E-state index < -0.39 is 0 Å². The van der Waals surface area contributed by atoms with Gasteiger partial charge in [0.1, 0.15) is 6.54 Å². The second-order valence-electron chi connectivity index (χ2n) is 8.36. The zero-order chi connectivity index (χ0) is 22.9. The summed E-state index contributed by atoms with van der Waals surface area (Å²) in [4.78, 5) is 11.8. The van der Waals surface area contributed by atoms with Crippen molar-refractivity contribution in [2.45, 2.75) is 32.2 Å². The van der Waals surface area contributed by atoms with E-state index in [2.05, 4.69) is 101 Å². The predicted molar refractivity (Wildman–Crippen MR) is 138 cm³/mol. The smallest absolute Gasteiger partial charge is 0.220 e. The van der Waals surface area contributed by atoms with E-state index in [1.165, 1.54) is 32.9 Å². The third kappa shape index (κ3) is 6.05. The third-order valence-electron chi connectivity index (χ3n) is 5.95. The van der Waals surface area contributed by atoms with Crippen LogP contribution in [0.4, 0.5) is 0 Å². The monoisotopic (exact) mass is 438 g/mol. The minimum absolute atomic E-state index is 0.0947. The summed E-state index contributed by atoms with van der Waals surface area (Å²) in [6.45, 7) is 1.96. The zero-order valence-electron chi connectivity index (χ0n) is 19.0. The fourth-order valence-corrected chi connectivity index (χ4v) is 4.20.